The summed E-state index contributed by atoms with van der Waals surface area (Å²) >= 11 is 0. The molecule has 0 saturated heterocycles. The summed E-state index contributed by atoms with van der Waals surface area (Å²) in [4.78, 5) is 20.8. The smallest absolute Gasteiger partial charge is 0.217 e. The van der Waals surface area contributed by atoms with Crippen LogP contribution in [0.2, 0.25) is 0 Å². The first kappa shape index (κ1) is 33.7. The van der Waals surface area contributed by atoms with Crippen molar-refractivity contribution in [2.45, 2.75) is 24.2 Å². The fraction of sp³-hybridized carbons (Fsp3) is 0.167. The van der Waals surface area contributed by atoms with E-state index < -0.39 is 0 Å². The number of benzene rings is 6. The average Bonchev–Trinajstić information content (AvgIpc) is 4.12. The number of nitrogens with zero attached hydrogens (tertiary/aromatic N) is 4. The Kier molecular flexibility index (Phi) is 8.91. The van der Waals surface area contributed by atoms with Crippen molar-refractivity contribution in [3.05, 3.63) is 202 Å². The van der Waals surface area contributed by atoms with Crippen molar-refractivity contribution in [3.8, 4) is 11.1 Å². The standard InChI is InChI=1S/C48H38N4O4/c1-5-15-31(16-6-1)39-27-53-45(49-39)35-23-13-24-36(46-50-40(28-54-46)32-17-7-2-8-18-32)43(35)44-37(47-51-41(29-55-47)33-19-9-3-10-20-33)25-14-26-38(44)48-52-42(30-56-48)34-21-11-4-12-22-34/h1-26,39-42H,27-30H2. The Morgan fingerprint density at radius 1 is 0.286 bits per heavy atom. The minimum atomic E-state index is -0.150. The summed E-state index contributed by atoms with van der Waals surface area (Å²) in [6.45, 7) is 1.70. The molecule has 56 heavy (non-hydrogen) atoms. The lowest BCUT2D eigenvalue weighted by molar-refractivity contribution is 0.318. The first-order chi connectivity index (χ1) is 27.8. The maximum absolute atomic E-state index is 6.50. The third kappa shape index (κ3) is 6.43. The van der Waals surface area contributed by atoms with E-state index in [1.165, 1.54) is 0 Å². The predicted molar refractivity (Wildman–Crippen MR) is 219 cm³/mol. The molecule has 4 atom stereocenters. The van der Waals surface area contributed by atoms with Gasteiger partial charge in [0.1, 0.15) is 50.6 Å². The molecule has 4 unspecified atom stereocenters. The van der Waals surface area contributed by atoms with Gasteiger partial charge in [-0.05, 0) is 46.5 Å². The summed E-state index contributed by atoms with van der Waals surface area (Å²) in [6, 6.07) is 52.7. The second-order valence-corrected chi connectivity index (χ2v) is 14.1. The Morgan fingerprint density at radius 2 is 0.518 bits per heavy atom. The van der Waals surface area contributed by atoms with E-state index in [1.807, 2.05) is 84.9 Å². The van der Waals surface area contributed by atoms with E-state index in [2.05, 4.69) is 72.8 Å². The number of ether oxygens (including phenoxy) is 4. The van der Waals surface area contributed by atoms with Crippen LogP contribution in [0.15, 0.2) is 178 Å². The van der Waals surface area contributed by atoms with E-state index in [4.69, 9.17) is 38.9 Å². The third-order valence-corrected chi connectivity index (χ3v) is 10.6. The molecular weight excluding hydrogens is 697 g/mol. The van der Waals surface area contributed by atoms with Crippen LogP contribution in [0.3, 0.4) is 0 Å². The number of hydrogen-bond donors (Lipinski definition) is 0. The molecule has 0 radical (unpaired) electrons. The Bertz CT molecular complexity index is 2160. The van der Waals surface area contributed by atoms with E-state index >= 15 is 0 Å². The van der Waals surface area contributed by atoms with E-state index in [0.717, 1.165) is 55.6 Å². The molecule has 0 saturated carbocycles. The van der Waals surface area contributed by atoms with Crippen molar-refractivity contribution in [1.82, 2.24) is 0 Å². The van der Waals surface area contributed by atoms with Crippen LogP contribution >= 0.6 is 0 Å². The van der Waals surface area contributed by atoms with Gasteiger partial charge in [-0.15, -0.1) is 0 Å². The number of aliphatic imine (C=N–C) groups is 4. The SMILES string of the molecule is c1ccc(C2COC(c3cccc(C4=NC(c5ccccc5)CO4)c3-c3c(C4=NC(c5ccccc5)CO4)cccc3C3=NC(c4ccccc4)CO3)=N2)cc1. The molecule has 6 aromatic rings. The van der Waals surface area contributed by atoms with Crippen LogP contribution in [0, 0.1) is 0 Å². The summed E-state index contributed by atoms with van der Waals surface area (Å²) in [5.41, 5.74) is 9.27. The number of hydrogen-bond acceptors (Lipinski definition) is 8. The second-order valence-electron chi connectivity index (χ2n) is 14.1. The lowest BCUT2D eigenvalue weighted by Gasteiger charge is -2.20. The summed E-state index contributed by atoms with van der Waals surface area (Å²) in [7, 11) is 0. The molecule has 4 heterocycles. The van der Waals surface area contributed by atoms with Crippen LogP contribution in [0.25, 0.3) is 11.1 Å². The molecule has 0 spiro atoms. The minimum Gasteiger partial charge on any atom is -0.475 e. The van der Waals surface area contributed by atoms with Crippen LogP contribution < -0.4 is 0 Å². The lowest BCUT2D eigenvalue weighted by atomic mass is 9.87. The van der Waals surface area contributed by atoms with Gasteiger partial charge in [-0.3, -0.25) is 0 Å². The molecule has 4 aliphatic rings. The predicted octanol–water partition coefficient (Wildman–Crippen LogP) is 9.43. The van der Waals surface area contributed by atoms with Crippen molar-refractivity contribution in [2.75, 3.05) is 26.4 Å². The third-order valence-electron chi connectivity index (χ3n) is 10.6. The molecular formula is C48H38N4O4. The molecule has 4 aliphatic heterocycles. The molecule has 8 nitrogen and oxygen atoms in total. The van der Waals surface area contributed by atoms with Crippen LogP contribution in [0.4, 0.5) is 0 Å². The van der Waals surface area contributed by atoms with Gasteiger partial charge >= 0.3 is 0 Å². The lowest BCUT2D eigenvalue weighted by Crippen LogP contribution is -2.15. The zero-order valence-corrected chi connectivity index (χ0v) is 30.6. The average molecular weight is 735 g/mol. The van der Waals surface area contributed by atoms with Crippen molar-refractivity contribution >= 4 is 23.6 Å². The molecule has 0 aliphatic carbocycles. The highest BCUT2D eigenvalue weighted by Gasteiger charge is 2.35. The van der Waals surface area contributed by atoms with Gasteiger partial charge < -0.3 is 18.9 Å². The summed E-state index contributed by atoms with van der Waals surface area (Å²) in [5.74, 6) is 2.18. The molecule has 0 N–H and O–H groups in total. The fourth-order valence-electron chi connectivity index (χ4n) is 7.82. The van der Waals surface area contributed by atoms with Crippen molar-refractivity contribution in [3.63, 3.8) is 0 Å². The van der Waals surface area contributed by atoms with Gasteiger partial charge in [0.05, 0.1) is 0 Å². The normalized spacial score (nSPS) is 21.2. The Hall–Kier alpha value is -6.80. The van der Waals surface area contributed by atoms with Gasteiger partial charge in [-0.2, -0.15) is 0 Å². The highest BCUT2D eigenvalue weighted by Crippen LogP contribution is 2.41. The van der Waals surface area contributed by atoms with Gasteiger partial charge in [0, 0.05) is 33.4 Å². The number of rotatable bonds is 9. The first-order valence-corrected chi connectivity index (χ1v) is 19.1. The fourth-order valence-corrected chi connectivity index (χ4v) is 7.82. The van der Waals surface area contributed by atoms with Gasteiger partial charge in [0.15, 0.2) is 0 Å². The summed E-state index contributed by atoms with van der Waals surface area (Å²) < 4.78 is 26.0. The summed E-state index contributed by atoms with van der Waals surface area (Å²) in [6.07, 6.45) is 0. The Labute approximate surface area is 325 Å². The molecule has 0 aromatic heterocycles. The molecule has 10 rings (SSSR count). The Morgan fingerprint density at radius 3 is 0.750 bits per heavy atom. The first-order valence-electron chi connectivity index (χ1n) is 19.1. The zero-order valence-electron chi connectivity index (χ0n) is 30.6. The highest BCUT2D eigenvalue weighted by atomic mass is 16.5. The van der Waals surface area contributed by atoms with E-state index in [0.29, 0.717) is 50.0 Å². The molecule has 8 heteroatoms. The van der Waals surface area contributed by atoms with Crippen LogP contribution in [0.1, 0.15) is 68.7 Å². The highest BCUT2D eigenvalue weighted by molar-refractivity contribution is 6.17. The topological polar surface area (TPSA) is 86.4 Å². The zero-order chi connectivity index (χ0) is 37.3. The van der Waals surface area contributed by atoms with Crippen LogP contribution in [-0.2, 0) is 18.9 Å². The van der Waals surface area contributed by atoms with Crippen molar-refractivity contribution < 1.29 is 18.9 Å². The maximum Gasteiger partial charge on any atom is 0.217 e. The van der Waals surface area contributed by atoms with Crippen molar-refractivity contribution in [2.24, 2.45) is 20.0 Å². The molecule has 0 fully saturated rings. The van der Waals surface area contributed by atoms with Gasteiger partial charge in [0.25, 0.3) is 0 Å². The van der Waals surface area contributed by atoms with Crippen LogP contribution in [0.5, 0.6) is 0 Å². The van der Waals surface area contributed by atoms with Crippen LogP contribution in [-0.4, -0.2) is 50.0 Å². The maximum atomic E-state index is 6.50. The van der Waals surface area contributed by atoms with E-state index in [9.17, 15) is 0 Å². The van der Waals surface area contributed by atoms with Crippen molar-refractivity contribution in [1.29, 1.82) is 0 Å². The van der Waals surface area contributed by atoms with Gasteiger partial charge in [0.2, 0.25) is 23.6 Å². The van der Waals surface area contributed by atoms with E-state index in [-0.39, 0.29) is 24.2 Å². The second kappa shape index (κ2) is 14.8. The van der Waals surface area contributed by atoms with Gasteiger partial charge in [-0.25, -0.2) is 20.0 Å². The van der Waals surface area contributed by atoms with E-state index in [1.54, 1.807) is 0 Å². The molecule has 274 valence electrons. The summed E-state index contributed by atoms with van der Waals surface area (Å²) in [5, 5.41) is 0. The monoisotopic (exact) mass is 734 g/mol. The molecule has 0 bridgehead atoms. The Balaban J connectivity index is 1.19. The quantitative estimate of drug-likeness (QED) is 0.148. The van der Waals surface area contributed by atoms with Gasteiger partial charge in [-0.1, -0.05) is 133 Å². The molecule has 0 amide bonds. The molecule has 6 aromatic carbocycles. The minimum absolute atomic E-state index is 0.150. The largest absolute Gasteiger partial charge is 0.475 e.